The van der Waals surface area contributed by atoms with Crippen LogP contribution in [0.2, 0.25) is 0 Å². The summed E-state index contributed by atoms with van der Waals surface area (Å²) in [6, 6.07) is -1.29. The van der Waals surface area contributed by atoms with Crippen LogP contribution in [0.5, 0.6) is 0 Å². The van der Waals surface area contributed by atoms with Crippen LogP contribution < -0.4 is 10.6 Å². The number of carbonyl (C=O) groups is 1. The van der Waals surface area contributed by atoms with Crippen molar-refractivity contribution in [3.8, 4) is 0 Å². The largest absolute Gasteiger partial charge is 0.412 e. The Labute approximate surface area is 139 Å². The van der Waals surface area contributed by atoms with E-state index in [-0.39, 0.29) is 11.9 Å². The summed E-state index contributed by atoms with van der Waals surface area (Å²) < 4.78 is 16.8. The minimum Gasteiger partial charge on any atom is -0.412 e. The molecule has 2 aliphatic heterocycles. The summed E-state index contributed by atoms with van der Waals surface area (Å²) >= 11 is 0. The van der Waals surface area contributed by atoms with Crippen LogP contribution in [-0.4, -0.2) is 95.4 Å². The Morgan fingerprint density at radius 3 is 2.29 bits per heavy atom. The van der Waals surface area contributed by atoms with Crippen LogP contribution in [0.25, 0.3) is 0 Å². The van der Waals surface area contributed by atoms with Gasteiger partial charge in [-0.25, -0.2) is 0 Å². The van der Waals surface area contributed by atoms with Gasteiger partial charge in [-0.1, -0.05) is 0 Å². The number of ketones is 1. The number of fused-ring (bicyclic) bond motifs is 2. The number of likely N-dealkylation sites (N-methyl/N-ethyl adjacent to an activating group) is 2. The third-order valence-electron chi connectivity index (χ3n) is 4.93. The maximum atomic E-state index is 12.2. The second-order valence-electron chi connectivity index (χ2n) is 6.40. The monoisotopic (exact) mass is 350 g/mol. The zero-order chi connectivity index (χ0) is 16.9. The number of rotatable bonds is 2. The minimum absolute atomic E-state index is 0. The van der Waals surface area contributed by atoms with E-state index in [1.165, 1.54) is 0 Å². The van der Waals surface area contributed by atoms with E-state index in [2.05, 4.69) is 10.6 Å². The van der Waals surface area contributed by atoms with Crippen molar-refractivity contribution in [3.63, 3.8) is 0 Å². The first kappa shape index (κ1) is 19.6. The Morgan fingerprint density at radius 1 is 1.08 bits per heavy atom. The fourth-order valence-electron chi connectivity index (χ4n) is 3.68. The molecule has 1 saturated carbocycles. The molecular formula is C14H26N2O8. The molecule has 0 aromatic heterocycles. The van der Waals surface area contributed by atoms with E-state index in [9.17, 15) is 20.1 Å². The number of ether oxygens (including phenoxy) is 3. The van der Waals surface area contributed by atoms with Gasteiger partial charge in [0.05, 0.1) is 24.3 Å². The molecule has 2 saturated heterocycles. The molecule has 7 N–H and O–H groups in total. The van der Waals surface area contributed by atoms with Crippen LogP contribution in [0, 0.1) is 0 Å². The molecule has 10 heteroatoms. The Kier molecular flexibility index (Phi) is 5.65. The van der Waals surface area contributed by atoms with Gasteiger partial charge in [0.1, 0.15) is 18.3 Å². The molecule has 3 fully saturated rings. The molecule has 0 radical (unpaired) electrons. The second-order valence-corrected chi connectivity index (χ2v) is 6.40. The first-order valence-corrected chi connectivity index (χ1v) is 7.78. The summed E-state index contributed by atoms with van der Waals surface area (Å²) in [4.78, 5) is 12.2. The molecule has 0 amide bonds. The molecule has 0 aromatic carbocycles. The lowest BCUT2D eigenvalue weighted by atomic mass is 9.80. The predicted octanol–water partition coefficient (Wildman–Crippen LogP) is -3.75. The zero-order valence-electron chi connectivity index (χ0n) is 13.8. The fourth-order valence-corrected chi connectivity index (χ4v) is 3.68. The molecule has 9 unspecified atom stereocenters. The highest BCUT2D eigenvalue weighted by molar-refractivity contribution is 5.87. The molecule has 2 heterocycles. The molecule has 0 aromatic rings. The molecule has 1 aliphatic carbocycles. The van der Waals surface area contributed by atoms with Gasteiger partial charge in [0.2, 0.25) is 6.29 Å². The molecule has 0 spiro atoms. The van der Waals surface area contributed by atoms with E-state index in [0.717, 1.165) is 0 Å². The highest BCUT2D eigenvalue weighted by Crippen LogP contribution is 2.40. The van der Waals surface area contributed by atoms with Gasteiger partial charge >= 0.3 is 0 Å². The van der Waals surface area contributed by atoms with Crippen molar-refractivity contribution in [2.45, 2.75) is 68.0 Å². The van der Waals surface area contributed by atoms with E-state index in [1.54, 1.807) is 21.0 Å². The standard InChI is InChI=1S/C14H24N2O7.H2O/c1-5-4-6(17)14(20)13(21-5)22-12-10(19)7(15-2)9(18)8(16-3)11(12)23-14;/h5,7-13,15-16,18-20H,4H2,1-3H3;1H2. The molecule has 24 heavy (non-hydrogen) atoms. The van der Waals surface area contributed by atoms with E-state index < -0.39 is 60.5 Å². The van der Waals surface area contributed by atoms with Crippen LogP contribution >= 0.6 is 0 Å². The summed E-state index contributed by atoms with van der Waals surface area (Å²) in [7, 11) is 3.24. The molecule has 10 nitrogen and oxygen atoms in total. The lowest BCUT2D eigenvalue weighted by Crippen LogP contribution is -2.77. The number of aliphatic hydroxyl groups excluding tert-OH is 2. The SMILES string of the molecule is CNC1C(O)C(NC)C2OC3(O)C(=O)CC(C)OC3OC2C1O.O. The predicted molar refractivity (Wildman–Crippen MR) is 80.0 cm³/mol. The number of carbonyl (C=O) groups excluding carboxylic acids is 1. The number of nitrogens with one attached hydrogen (secondary N) is 2. The lowest BCUT2D eigenvalue weighted by Gasteiger charge is -2.55. The smallest absolute Gasteiger partial charge is 0.280 e. The van der Waals surface area contributed by atoms with Crippen molar-refractivity contribution in [3.05, 3.63) is 0 Å². The summed E-state index contributed by atoms with van der Waals surface area (Å²) in [6.07, 6.45) is -5.58. The Balaban J connectivity index is 0.00000208. The van der Waals surface area contributed by atoms with Crippen LogP contribution in [0.3, 0.4) is 0 Å². The Hall–Kier alpha value is -0.690. The average molecular weight is 350 g/mol. The maximum absolute atomic E-state index is 12.2. The quantitative estimate of drug-likeness (QED) is 0.337. The topological polar surface area (TPSA) is 161 Å². The number of hydrogen-bond acceptors (Lipinski definition) is 9. The van der Waals surface area contributed by atoms with E-state index in [0.29, 0.717) is 0 Å². The first-order chi connectivity index (χ1) is 10.8. The Bertz CT molecular complexity index is 480. The fraction of sp³-hybridized carbons (Fsp3) is 0.929. The molecule has 9 atom stereocenters. The van der Waals surface area contributed by atoms with Crippen molar-refractivity contribution in [2.75, 3.05) is 14.1 Å². The van der Waals surface area contributed by atoms with Gasteiger partial charge in [0.25, 0.3) is 5.79 Å². The number of Topliss-reactive ketones (excluding diaryl/α,β-unsaturated/α-hetero) is 1. The second kappa shape index (κ2) is 6.90. The van der Waals surface area contributed by atoms with Gasteiger partial charge < -0.3 is 45.6 Å². The van der Waals surface area contributed by atoms with Gasteiger partial charge in [-0.05, 0) is 21.0 Å². The summed E-state index contributed by atoms with van der Waals surface area (Å²) in [5.74, 6) is -2.76. The van der Waals surface area contributed by atoms with Gasteiger partial charge in [0.15, 0.2) is 5.78 Å². The minimum atomic E-state index is -2.23. The number of aliphatic hydroxyl groups is 3. The third-order valence-corrected chi connectivity index (χ3v) is 4.93. The number of hydrogen-bond donors (Lipinski definition) is 5. The molecular weight excluding hydrogens is 324 g/mol. The first-order valence-electron chi connectivity index (χ1n) is 7.78. The molecule has 3 rings (SSSR count). The van der Waals surface area contributed by atoms with Crippen molar-refractivity contribution < 1.29 is 39.8 Å². The van der Waals surface area contributed by atoms with Gasteiger partial charge in [-0.3, -0.25) is 4.79 Å². The lowest BCUT2D eigenvalue weighted by molar-refractivity contribution is -0.420. The van der Waals surface area contributed by atoms with E-state index in [1.807, 2.05) is 0 Å². The van der Waals surface area contributed by atoms with Crippen molar-refractivity contribution in [2.24, 2.45) is 0 Å². The van der Waals surface area contributed by atoms with Crippen molar-refractivity contribution in [1.29, 1.82) is 0 Å². The van der Waals surface area contributed by atoms with Crippen molar-refractivity contribution >= 4 is 5.78 Å². The maximum Gasteiger partial charge on any atom is 0.280 e. The molecule has 140 valence electrons. The van der Waals surface area contributed by atoms with E-state index in [4.69, 9.17) is 14.2 Å². The summed E-state index contributed by atoms with van der Waals surface area (Å²) in [5.41, 5.74) is 0. The van der Waals surface area contributed by atoms with Gasteiger partial charge in [-0.2, -0.15) is 0 Å². The van der Waals surface area contributed by atoms with Crippen LogP contribution in [0.15, 0.2) is 0 Å². The van der Waals surface area contributed by atoms with Crippen molar-refractivity contribution in [1.82, 2.24) is 10.6 Å². The Morgan fingerprint density at radius 2 is 1.71 bits per heavy atom. The highest BCUT2D eigenvalue weighted by Gasteiger charge is 2.63. The van der Waals surface area contributed by atoms with Crippen LogP contribution in [-0.2, 0) is 19.0 Å². The summed E-state index contributed by atoms with van der Waals surface area (Å²) in [6.45, 7) is 1.70. The highest BCUT2D eigenvalue weighted by atomic mass is 16.8. The zero-order valence-corrected chi connectivity index (χ0v) is 13.8. The van der Waals surface area contributed by atoms with Gasteiger partial charge in [-0.15, -0.1) is 0 Å². The average Bonchev–Trinajstić information content (AvgIpc) is 2.49. The summed E-state index contributed by atoms with van der Waals surface area (Å²) in [5, 5.41) is 37.2. The normalized spacial score (nSPS) is 51.3. The van der Waals surface area contributed by atoms with E-state index >= 15 is 0 Å². The molecule has 3 aliphatic rings. The third kappa shape index (κ3) is 2.77. The van der Waals surface area contributed by atoms with Crippen LogP contribution in [0.1, 0.15) is 13.3 Å². The van der Waals surface area contributed by atoms with Crippen LogP contribution in [0.4, 0.5) is 0 Å². The van der Waals surface area contributed by atoms with Gasteiger partial charge in [0, 0.05) is 6.42 Å². The molecule has 0 bridgehead atoms.